The van der Waals surface area contributed by atoms with E-state index in [2.05, 4.69) is 5.32 Å². The van der Waals surface area contributed by atoms with Gasteiger partial charge < -0.3 is 5.32 Å². The van der Waals surface area contributed by atoms with Crippen molar-refractivity contribution in [3.05, 3.63) is 75.6 Å². The van der Waals surface area contributed by atoms with Crippen LogP contribution in [0.4, 0.5) is 15.8 Å². The second-order valence-electron chi connectivity index (χ2n) is 5.00. The summed E-state index contributed by atoms with van der Waals surface area (Å²) in [6.45, 7) is 3.18. The van der Waals surface area contributed by atoms with Gasteiger partial charge in [-0.2, -0.15) is 0 Å². The van der Waals surface area contributed by atoms with Gasteiger partial charge in [-0.15, -0.1) is 0 Å². The third kappa shape index (κ3) is 3.79. The van der Waals surface area contributed by atoms with Gasteiger partial charge >= 0.3 is 0 Å². The Balaban J connectivity index is 2.23. The lowest BCUT2D eigenvalue weighted by atomic mass is 10.1. The summed E-state index contributed by atoms with van der Waals surface area (Å²) in [7, 11) is 0. The monoisotopic (exact) mass is 314 g/mol. The van der Waals surface area contributed by atoms with Gasteiger partial charge in [0.25, 0.3) is 5.69 Å². The highest BCUT2D eigenvalue weighted by Gasteiger charge is 2.14. The molecule has 118 valence electrons. The molecule has 0 radical (unpaired) electrons. The fourth-order valence-electron chi connectivity index (χ4n) is 2.18. The average Bonchev–Trinajstić information content (AvgIpc) is 2.49. The highest BCUT2D eigenvalue weighted by atomic mass is 19.1. The number of amides is 1. The van der Waals surface area contributed by atoms with Crippen LogP contribution in [0.5, 0.6) is 0 Å². The number of hydrogen-bond donors (Lipinski definition) is 1. The number of nitrogens with one attached hydrogen (secondary N) is 1. The molecule has 23 heavy (non-hydrogen) atoms. The van der Waals surface area contributed by atoms with Crippen LogP contribution in [-0.4, -0.2) is 10.8 Å². The van der Waals surface area contributed by atoms with Crippen molar-refractivity contribution < 1.29 is 14.1 Å². The van der Waals surface area contributed by atoms with E-state index in [-0.39, 0.29) is 5.69 Å². The van der Waals surface area contributed by atoms with Crippen LogP contribution in [0.2, 0.25) is 0 Å². The minimum absolute atomic E-state index is 0.0717. The van der Waals surface area contributed by atoms with Gasteiger partial charge in [0.15, 0.2) is 0 Å². The van der Waals surface area contributed by atoms with E-state index >= 15 is 0 Å². The van der Waals surface area contributed by atoms with Crippen LogP contribution >= 0.6 is 0 Å². The summed E-state index contributed by atoms with van der Waals surface area (Å²) in [6, 6.07) is 10.6. The molecule has 2 rings (SSSR count). The van der Waals surface area contributed by atoms with Gasteiger partial charge in [0.1, 0.15) is 5.82 Å². The number of anilines is 1. The minimum Gasteiger partial charge on any atom is -0.322 e. The molecule has 0 atom stereocenters. The Hall–Kier alpha value is -3.02. The van der Waals surface area contributed by atoms with Crippen molar-refractivity contribution in [3.8, 4) is 0 Å². The van der Waals surface area contributed by atoms with Crippen molar-refractivity contribution in [3.63, 3.8) is 0 Å². The van der Waals surface area contributed by atoms with Crippen LogP contribution in [0, 0.1) is 22.9 Å². The van der Waals surface area contributed by atoms with Crippen molar-refractivity contribution in [1.82, 2.24) is 0 Å². The molecule has 0 spiro atoms. The molecule has 2 aromatic rings. The van der Waals surface area contributed by atoms with Crippen LogP contribution in [0.1, 0.15) is 18.1 Å². The van der Waals surface area contributed by atoms with Crippen LogP contribution in [0.25, 0.3) is 5.57 Å². The van der Waals surface area contributed by atoms with E-state index in [4.69, 9.17) is 0 Å². The number of carbonyl (C=O) groups is 1. The summed E-state index contributed by atoms with van der Waals surface area (Å²) in [5.74, 6) is -0.894. The third-order valence-corrected chi connectivity index (χ3v) is 3.41. The van der Waals surface area contributed by atoms with Crippen molar-refractivity contribution in [2.24, 2.45) is 0 Å². The molecule has 0 aromatic heterocycles. The zero-order valence-corrected chi connectivity index (χ0v) is 12.7. The van der Waals surface area contributed by atoms with Crippen LogP contribution in [0.15, 0.2) is 48.5 Å². The van der Waals surface area contributed by atoms with E-state index in [1.54, 1.807) is 38.1 Å². The first-order valence-electron chi connectivity index (χ1n) is 6.88. The molecule has 0 fully saturated rings. The lowest BCUT2D eigenvalue weighted by Crippen LogP contribution is -2.10. The van der Waals surface area contributed by atoms with Gasteiger partial charge in [0, 0.05) is 17.7 Å². The molecule has 0 unspecified atom stereocenters. The summed E-state index contributed by atoms with van der Waals surface area (Å²) in [6.07, 6.45) is 1.26. The highest BCUT2D eigenvalue weighted by molar-refractivity contribution is 6.04. The standard InChI is InChI=1S/C17H15FN2O3/c1-11(13-6-3-4-7-14(13)18)10-17(21)19-15-8-5-9-16(12(15)2)20(22)23/h3-10H,1-2H3,(H,19,21)/b11-10-. The molecule has 0 aliphatic heterocycles. The predicted molar refractivity (Wildman–Crippen MR) is 86.5 cm³/mol. The van der Waals surface area contributed by atoms with Gasteiger partial charge in [-0.3, -0.25) is 14.9 Å². The summed E-state index contributed by atoms with van der Waals surface area (Å²) in [5, 5.41) is 13.5. The minimum atomic E-state index is -0.509. The van der Waals surface area contributed by atoms with Crippen molar-refractivity contribution in [1.29, 1.82) is 0 Å². The summed E-state index contributed by atoms with van der Waals surface area (Å²) >= 11 is 0. The molecule has 5 nitrogen and oxygen atoms in total. The van der Waals surface area contributed by atoms with Gasteiger partial charge in [-0.25, -0.2) is 4.39 Å². The molecule has 0 saturated carbocycles. The first-order chi connectivity index (χ1) is 10.9. The summed E-state index contributed by atoms with van der Waals surface area (Å²) in [5.41, 5.74) is 1.43. The van der Waals surface area contributed by atoms with E-state index < -0.39 is 16.6 Å². The van der Waals surface area contributed by atoms with E-state index in [1.807, 2.05) is 0 Å². The maximum atomic E-state index is 13.7. The SMILES string of the molecule is C/C(=C/C(=O)Nc1cccc([N+](=O)[O-])c1C)c1ccccc1F. The van der Waals surface area contributed by atoms with E-state index in [0.717, 1.165) is 0 Å². The number of rotatable bonds is 4. The smallest absolute Gasteiger partial charge is 0.274 e. The predicted octanol–water partition coefficient (Wildman–Crippen LogP) is 4.08. The number of benzene rings is 2. The van der Waals surface area contributed by atoms with Gasteiger partial charge in [0.05, 0.1) is 16.2 Å². The Morgan fingerprint density at radius 2 is 1.91 bits per heavy atom. The number of allylic oxidation sites excluding steroid dienone is 1. The van der Waals surface area contributed by atoms with E-state index in [1.165, 1.54) is 24.3 Å². The van der Waals surface area contributed by atoms with Gasteiger partial charge in [-0.1, -0.05) is 24.3 Å². The summed E-state index contributed by atoms with van der Waals surface area (Å²) < 4.78 is 13.7. The lowest BCUT2D eigenvalue weighted by molar-refractivity contribution is -0.385. The second kappa shape index (κ2) is 6.83. The first kappa shape index (κ1) is 16.4. The maximum absolute atomic E-state index is 13.7. The number of halogens is 1. The maximum Gasteiger partial charge on any atom is 0.274 e. The van der Waals surface area contributed by atoms with Gasteiger partial charge in [-0.05, 0) is 31.6 Å². The second-order valence-corrected chi connectivity index (χ2v) is 5.00. The van der Waals surface area contributed by atoms with E-state index in [9.17, 15) is 19.3 Å². The van der Waals surface area contributed by atoms with Crippen LogP contribution < -0.4 is 5.32 Å². The summed E-state index contributed by atoms with van der Waals surface area (Å²) in [4.78, 5) is 22.5. The molecular formula is C17H15FN2O3. The van der Waals surface area contributed by atoms with Crippen molar-refractivity contribution >= 4 is 22.9 Å². The lowest BCUT2D eigenvalue weighted by Gasteiger charge is -2.08. The number of hydrogen-bond acceptors (Lipinski definition) is 3. The van der Waals surface area contributed by atoms with Gasteiger partial charge in [0.2, 0.25) is 5.91 Å². The molecule has 0 aliphatic carbocycles. The van der Waals surface area contributed by atoms with E-state index in [0.29, 0.717) is 22.4 Å². The molecule has 0 aliphatic rings. The molecule has 0 heterocycles. The number of carbonyl (C=O) groups excluding carboxylic acids is 1. The van der Waals surface area contributed by atoms with Crippen LogP contribution in [-0.2, 0) is 4.79 Å². The quantitative estimate of drug-likeness (QED) is 0.525. The molecule has 0 saturated heterocycles. The van der Waals surface area contributed by atoms with Crippen molar-refractivity contribution in [2.45, 2.75) is 13.8 Å². The van der Waals surface area contributed by atoms with Crippen molar-refractivity contribution in [2.75, 3.05) is 5.32 Å². The topological polar surface area (TPSA) is 72.2 Å². The molecule has 0 bridgehead atoms. The fraction of sp³-hybridized carbons (Fsp3) is 0.118. The Morgan fingerprint density at radius 3 is 2.57 bits per heavy atom. The zero-order chi connectivity index (χ0) is 17.0. The number of nitro groups is 1. The number of nitrogens with zero attached hydrogens (tertiary/aromatic N) is 1. The Bertz CT molecular complexity index is 800. The fourth-order valence-corrected chi connectivity index (χ4v) is 2.18. The Kier molecular flexibility index (Phi) is 4.85. The molecule has 1 N–H and O–H groups in total. The third-order valence-electron chi connectivity index (χ3n) is 3.41. The highest BCUT2D eigenvalue weighted by Crippen LogP contribution is 2.25. The molecule has 6 heteroatoms. The molecule has 2 aromatic carbocycles. The van der Waals surface area contributed by atoms with Crippen LogP contribution in [0.3, 0.4) is 0 Å². The molecule has 1 amide bonds. The first-order valence-corrected chi connectivity index (χ1v) is 6.88. The Morgan fingerprint density at radius 1 is 1.22 bits per heavy atom. The normalized spacial score (nSPS) is 11.2. The largest absolute Gasteiger partial charge is 0.322 e. The zero-order valence-electron chi connectivity index (χ0n) is 12.7. The number of nitro benzene ring substituents is 1. The molecular weight excluding hydrogens is 299 g/mol. The Labute approximate surface area is 132 Å². The average molecular weight is 314 g/mol.